The summed E-state index contributed by atoms with van der Waals surface area (Å²) < 4.78 is 74.9. The summed E-state index contributed by atoms with van der Waals surface area (Å²) in [5.74, 6) is 6.15. The topological polar surface area (TPSA) is 168 Å². The molecule has 0 fully saturated rings. The highest BCUT2D eigenvalue weighted by molar-refractivity contribution is 6.40. The highest BCUT2D eigenvalue weighted by Gasteiger charge is 2.32. The number of unbranched alkanes of at least 4 members (excludes halogenated alkanes) is 30. The highest BCUT2D eigenvalue weighted by atomic mass is 16.6. The van der Waals surface area contributed by atoms with Crippen molar-refractivity contribution in [2.75, 3.05) is 72.7 Å². The van der Waals surface area contributed by atoms with Crippen molar-refractivity contribution in [2.45, 2.75) is 326 Å². The van der Waals surface area contributed by atoms with Crippen LogP contribution in [0.15, 0.2) is 152 Å². The Morgan fingerprint density at radius 3 is 0.664 bits per heavy atom. The molecule has 0 amide bonds. The van der Waals surface area contributed by atoms with Gasteiger partial charge in [0.1, 0.15) is 5.75 Å². The summed E-state index contributed by atoms with van der Waals surface area (Å²) in [6, 6.07) is 21.2. The van der Waals surface area contributed by atoms with E-state index in [1.165, 1.54) is 6.92 Å². The first-order valence-electron chi connectivity index (χ1n) is 48.2. The van der Waals surface area contributed by atoms with Crippen LogP contribution in [0.2, 0.25) is 0 Å². The highest BCUT2D eigenvalue weighted by Crippen LogP contribution is 2.49. The number of hydrogen-bond acceptors (Lipinski definition) is 16. The van der Waals surface area contributed by atoms with E-state index in [2.05, 4.69) is 159 Å². The molecule has 8 bridgehead atoms. The van der Waals surface area contributed by atoms with Gasteiger partial charge < -0.3 is 52.1 Å². The van der Waals surface area contributed by atoms with E-state index in [0.717, 1.165) is 307 Å². The minimum atomic E-state index is -0.247. The van der Waals surface area contributed by atoms with Crippen molar-refractivity contribution in [2.24, 2.45) is 20.0 Å². The molecule has 122 heavy (non-hydrogen) atoms. The Bertz CT molecular complexity index is 4060. The predicted octanol–water partition coefficient (Wildman–Crippen LogP) is 28.8. The van der Waals surface area contributed by atoms with Crippen molar-refractivity contribution < 1.29 is 56.9 Å². The maximum absolute atomic E-state index is 11.5. The van der Waals surface area contributed by atoms with E-state index < -0.39 is 0 Å². The first kappa shape index (κ1) is 96.8. The monoisotopic (exact) mass is 1670 g/mol. The Hall–Kier alpha value is -9.05. The van der Waals surface area contributed by atoms with Gasteiger partial charge in [0.05, 0.1) is 118 Å². The number of hydrogen-bond donors (Lipinski definition) is 0. The summed E-state index contributed by atoms with van der Waals surface area (Å²) in [5, 5.41) is 0. The summed E-state index contributed by atoms with van der Waals surface area (Å²) in [7, 11) is 0. The summed E-state index contributed by atoms with van der Waals surface area (Å²) in [4.78, 5) is 35.0. The van der Waals surface area contributed by atoms with Gasteiger partial charge in [0, 0.05) is 29.2 Å². The third kappa shape index (κ3) is 31.3. The van der Waals surface area contributed by atoms with Gasteiger partial charge >= 0.3 is 5.97 Å². The van der Waals surface area contributed by atoms with E-state index >= 15 is 0 Å². The molecule has 666 valence electrons. The number of esters is 1. The molecular formula is C106H150N4O12. The zero-order chi connectivity index (χ0) is 86.0. The number of fused-ring (bicyclic) bond motifs is 4. The second-order valence-corrected chi connectivity index (χ2v) is 33.1. The second-order valence-electron chi connectivity index (χ2n) is 33.1. The van der Waals surface area contributed by atoms with Gasteiger partial charge in [-0.15, -0.1) is 0 Å². The van der Waals surface area contributed by atoms with E-state index in [-0.39, 0.29) is 5.97 Å². The van der Waals surface area contributed by atoms with Crippen LogP contribution in [0.3, 0.4) is 0 Å². The average Bonchev–Trinajstić information content (AvgIpc) is 1.59. The van der Waals surface area contributed by atoms with E-state index in [1.54, 1.807) is 0 Å². The SMILES string of the molecule is CCCCCCOc1cc(C2=C3C=CC(=N3)C(c3cc(OCCCCCC)c(OCCCCCC)c(OCCCCCC)c3)=C3C=CC(=N3)C(c3cc(OCCCCCC)c(OCCCCCC)c(OCCCCCC)c3)=C3C=CC(=N3)C(c3ccc(OCCCCCCOC(C)=O)cc3)=C3C=CC2=N3)cc(OCCCCCC)c1OCCCCCC. The molecule has 0 radical (unpaired) electrons. The van der Waals surface area contributed by atoms with Crippen molar-refractivity contribution in [1.82, 2.24) is 0 Å². The molecule has 0 saturated heterocycles. The van der Waals surface area contributed by atoms with Gasteiger partial charge in [-0.25, -0.2) is 20.0 Å². The standard InChI is InChI=1S/C106H150N4O12/c1-11-20-29-40-65-114-94-74-82(75-95(115-66-41-30-21-12-2)104(94)120-71-46-35-26-17-7)101-88-57-55-86(107-88)100(81-51-53-85(54-52-81)113-64-50-39-38-49-63-112-80(10)111)87-56-58-89(108-87)102(83-76-96(116-67-42-31-22-13-3)105(121-72-47-36-27-18-8)97(77-83)117-68-43-32-23-14-4)91-60-62-93(110-91)103(92-61-59-90(101)109-92)84-78-98(118-69-44-33-24-15-5)106(122-73-48-37-28-19-9)99(79-84)119-70-45-34-25-16-6/h51-62,74-79H,11-50,63-73H2,1-10H3. The molecule has 0 atom stereocenters. The Labute approximate surface area is 734 Å². The van der Waals surface area contributed by atoms with Crippen molar-refractivity contribution >= 4 is 51.1 Å². The number of rotatable bonds is 66. The summed E-state index contributed by atoms with van der Waals surface area (Å²) in [6.45, 7) is 27.3. The molecule has 0 aliphatic carbocycles. The van der Waals surface area contributed by atoms with Crippen LogP contribution in [0, 0.1) is 0 Å². The van der Waals surface area contributed by atoms with Crippen LogP contribution in [0.1, 0.15) is 348 Å². The molecule has 4 aromatic carbocycles. The number of nitrogens with zero attached hydrogens (tertiary/aromatic N) is 4. The fourth-order valence-electron chi connectivity index (χ4n) is 15.6. The Morgan fingerprint density at radius 2 is 0.434 bits per heavy atom. The Kier molecular flexibility index (Phi) is 44.9. The van der Waals surface area contributed by atoms with Crippen molar-refractivity contribution in [3.63, 3.8) is 0 Å². The van der Waals surface area contributed by atoms with Gasteiger partial charge in [-0.1, -0.05) is 248 Å². The number of aliphatic imine (C=N–C) groups is 4. The molecular weight excluding hydrogens is 1520 g/mol. The van der Waals surface area contributed by atoms with Crippen LogP contribution in [0.25, 0.3) is 22.3 Å². The van der Waals surface area contributed by atoms with Gasteiger partial charge in [-0.2, -0.15) is 0 Å². The predicted molar refractivity (Wildman–Crippen MR) is 507 cm³/mol. The number of ether oxygens (including phenoxy) is 11. The summed E-state index contributed by atoms with van der Waals surface area (Å²) in [5.41, 5.74) is 12.1. The minimum Gasteiger partial charge on any atom is -0.494 e. The quantitative estimate of drug-likeness (QED) is 0.0303. The third-order valence-corrected chi connectivity index (χ3v) is 22.6. The molecule has 0 aromatic heterocycles. The first-order chi connectivity index (χ1) is 60.1. The Balaban J connectivity index is 1.37. The smallest absolute Gasteiger partial charge is 0.302 e. The van der Waals surface area contributed by atoms with Crippen LogP contribution in [-0.2, 0) is 9.53 Å². The molecule has 0 saturated carbocycles. The fraction of sp³-hybridized carbons (Fsp3) is 0.575. The average molecular weight is 1670 g/mol. The normalized spacial score (nSPS) is 14.0. The second kappa shape index (κ2) is 56.7. The lowest BCUT2D eigenvalue weighted by atomic mass is 9.97. The molecule has 0 spiro atoms. The molecule has 0 unspecified atom stereocenters. The number of allylic oxidation sites excluding steroid dienone is 12. The number of carbonyl (C=O) groups is 1. The van der Waals surface area contributed by atoms with Gasteiger partial charge in [-0.3, -0.25) is 4.79 Å². The van der Waals surface area contributed by atoms with E-state index in [9.17, 15) is 4.79 Å². The minimum absolute atomic E-state index is 0.247. The van der Waals surface area contributed by atoms with Crippen molar-refractivity contribution in [3.05, 3.63) is 154 Å². The number of carbonyl (C=O) groups excluding carboxylic acids is 1. The van der Waals surface area contributed by atoms with Crippen molar-refractivity contribution in [3.8, 4) is 57.5 Å². The maximum Gasteiger partial charge on any atom is 0.302 e. The Morgan fingerprint density at radius 1 is 0.230 bits per heavy atom. The van der Waals surface area contributed by atoms with Crippen LogP contribution in [0.4, 0.5) is 0 Å². The van der Waals surface area contributed by atoms with Gasteiger partial charge in [0.15, 0.2) is 34.5 Å². The lowest BCUT2D eigenvalue weighted by Gasteiger charge is -2.21. The molecule has 9 rings (SSSR count). The first-order valence-corrected chi connectivity index (χ1v) is 48.2. The fourth-order valence-corrected chi connectivity index (χ4v) is 15.6. The lowest BCUT2D eigenvalue weighted by Crippen LogP contribution is -2.09. The van der Waals surface area contributed by atoms with Crippen LogP contribution < -0.4 is 47.4 Å². The van der Waals surface area contributed by atoms with Gasteiger partial charge in [0.2, 0.25) is 17.2 Å². The molecule has 5 aliphatic rings. The largest absolute Gasteiger partial charge is 0.494 e. The van der Waals surface area contributed by atoms with E-state index in [0.29, 0.717) is 170 Å². The van der Waals surface area contributed by atoms with Crippen LogP contribution in [0.5, 0.6) is 57.5 Å². The van der Waals surface area contributed by atoms with Gasteiger partial charge in [0.25, 0.3) is 0 Å². The number of benzene rings is 4. The molecule has 16 heteroatoms. The zero-order valence-electron chi connectivity index (χ0n) is 76.6. The van der Waals surface area contributed by atoms with Gasteiger partial charge in [-0.05, 0) is 203 Å². The van der Waals surface area contributed by atoms with E-state index in [4.69, 9.17) is 72.1 Å². The molecule has 4 aromatic rings. The maximum atomic E-state index is 11.5. The third-order valence-electron chi connectivity index (χ3n) is 22.6. The molecule has 16 nitrogen and oxygen atoms in total. The zero-order valence-corrected chi connectivity index (χ0v) is 76.6. The van der Waals surface area contributed by atoms with Crippen molar-refractivity contribution in [1.29, 1.82) is 0 Å². The molecule has 0 N–H and O–H groups in total. The molecule has 5 aliphatic heterocycles. The lowest BCUT2D eigenvalue weighted by molar-refractivity contribution is -0.141. The summed E-state index contributed by atoms with van der Waals surface area (Å²) >= 11 is 0. The summed E-state index contributed by atoms with van der Waals surface area (Å²) in [6.07, 6.45) is 58.4. The van der Waals surface area contributed by atoms with Crippen LogP contribution in [-0.4, -0.2) is 101 Å². The van der Waals surface area contributed by atoms with Crippen LogP contribution >= 0.6 is 0 Å². The molecule has 5 heterocycles. The van der Waals surface area contributed by atoms with E-state index in [1.807, 2.05) is 12.1 Å².